The van der Waals surface area contributed by atoms with Crippen LogP contribution < -0.4 is 43.0 Å². The van der Waals surface area contributed by atoms with Gasteiger partial charge in [-0.2, -0.15) is 0 Å². The third-order valence-electron chi connectivity index (χ3n) is 8.07. The summed E-state index contributed by atoms with van der Waals surface area (Å²) in [6.07, 6.45) is 3.52. The van der Waals surface area contributed by atoms with Crippen LogP contribution in [0.5, 0.6) is 0 Å². The molecule has 0 aromatic heterocycles. The molecule has 2 aliphatic rings. The summed E-state index contributed by atoms with van der Waals surface area (Å²) in [5.41, 5.74) is 6.07. The topological polar surface area (TPSA) is 274 Å². The number of benzene rings is 1. The molecule has 0 bridgehead atoms. The summed E-state index contributed by atoms with van der Waals surface area (Å²) >= 11 is 0. The Morgan fingerprint density at radius 3 is 2.04 bits per heavy atom. The highest BCUT2D eigenvalue weighted by atomic mass is 16.2. The van der Waals surface area contributed by atoms with Crippen LogP contribution in [0.2, 0.25) is 0 Å². The molecule has 1 aromatic carbocycles. The Hall–Kier alpha value is -5.81. The first kappa shape index (κ1) is 39.6. The number of carbonyl (C=O) groups is 8. The highest BCUT2D eigenvalue weighted by Crippen LogP contribution is 2.09. The summed E-state index contributed by atoms with van der Waals surface area (Å²) in [5, 5.41) is 25.7. The molecule has 0 saturated carbocycles. The quantitative estimate of drug-likeness (QED) is 0.0414. The molecule has 10 N–H and O–H groups in total. The number of carbonyl (C=O) groups excluding carboxylic acids is 8. The number of amides is 8. The molecule has 4 atom stereocenters. The van der Waals surface area contributed by atoms with Crippen molar-refractivity contribution in [2.24, 2.45) is 5.73 Å². The van der Waals surface area contributed by atoms with E-state index in [9.17, 15) is 38.4 Å². The fourth-order valence-electron chi connectivity index (χ4n) is 5.27. The van der Waals surface area contributed by atoms with Gasteiger partial charge in [0.05, 0.1) is 6.54 Å². The molecule has 0 aliphatic carbocycles. The van der Waals surface area contributed by atoms with Gasteiger partial charge in [-0.1, -0.05) is 30.3 Å². The minimum absolute atomic E-state index is 0.0615. The first-order valence-corrected chi connectivity index (χ1v) is 16.7. The average molecular weight is 711 g/mol. The minimum Gasteiger partial charge on any atom is -0.370 e. The zero-order chi connectivity index (χ0) is 37.3. The third-order valence-corrected chi connectivity index (χ3v) is 8.07. The maximum Gasteiger partial charge on any atom is 0.253 e. The monoisotopic (exact) mass is 710 g/mol. The summed E-state index contributed by atoms with van der Waals surface area (Å²) in [4.78, 5) is 103. The normalized spacial score (nSPS) is 21.7. The number of imide groups is 1. The second-order valence-electron chi connectivity index (χ2n) is 12.1. The number of nitrogens with one attached hydrogen (secondary N) is 8. The summed E-state index contributed by atoms with van der Waals surface area (Å²) in [6.45, 7) is 1.34. The van der Waals surface area contributed by atoms with E-state index in [1.807, 2.05) is 0 Å². The lowest BCUT2D eigenvalue weighted by atomic mass is 10.0. The largest absolute Gasteiger partial charge is 0.370 e. The van der Waals surface area contributed by atoms with Gasteiger partial charge in [-0.15, -0.1) is 0 Å². The van der Waals surface area contributed by atoms with Gasteiger partial charge in [-0.05, 0) is 44.6 Å². The van der Waals surface area contributed by atoms with E-state index < -0.39 is 72.1 Å². The van der Waals surface area contributed by atoms with Crippen molar-refractivity contribution < 1.29 is 38.4 Å². The van der Waals surface area contributed by atoms with E-state index in [-0.39, 0.29) is 57.2 Å². The Balaban J connectivity index is 1.73. The summed E-state index contributed by atoms with van der Waals surface area (Å²) in [6, 6.07) is 4.44. The molecule has 0 radical (unpaired) electrons. The first-order chi connectivity index (χ1) is 24.3. The van der Waals surface area contributed by atoms with E-state index in [0.29, 0.717) is 19.3 Å². The smallest absolute Gasteiger partial charge is 0.253 e. The van der Waals surface area contributed by atoms with Crippen molar-refractivity contribution in [1.82, 2.24) is 42.1 Å². The molecular weight excluding hydrogens is 664 g/mol. The highest BCUT2D eigenvalue weighted by Gasteiger charge is 2.31. The van der Waals surface area contributed by atoms with E-state index in [2.05, 4.69) is 37.2 Å². The van der Waals surface area contributed by atoms with Crippen LogP contribution in [-0.2, 0) is 44.8 Å². The van der Waals surface area contributed by atoms with Crippen molar-refractivity contribution >= 4 is 53.2 Å². The van der Waals surface area contributed by atoms with Crippen LogP contribution >= 0.6 is 0 Å². The number of rotatable bonds is 14. The van der Waals surface area contributed by atoms with Crippen LogP contribution in [0.25, 0.3) is 0 Å². The number of hydrogen-bond acceptors (Lipinski definition) is 9. The van der Waals surface area contributed by atoms with Gasteiger partial charge in [0, 0.05) is 44.6 Å². The Labute approximate surface area is 295 Å². The summed E-state index contributed by atoms with van der Waals surface area (Å²) in [5.74, 6) is -4.93. The molecule has 1 saturated heterocycles. The summed E-state index contributed by atoms with van der Waals surface area (Å²) in [7, 11) is 0. The van der Waals surface area contributed by atoms with Gasteiger partial charge in [-0.3, -0.25) is 48.7 Å². The second-order valence-corrected chi connectivity index (χ2v) is 12.1. The van der Waals surface area contributed by atoms with E-state index in [0.717, 1.165) is 22.6 Å². The van der Waals surface area contributed by atoms with E-state index in [1.54, 1.807) is 30.3 Å². The molecule has 276 valence electrons. The maximum absolute atomic E-state index is 13.7. The first-order valence-electron chi connectivity index (χ1n) is 16.7. The van der Waals surface area contributed by atoms with Crippen LogP contribution in [0, 0.1) is 5.41 Å². The Morgan fingerprint density at radius 2 is 1.37 bits per heavy atom. The van der Waals surface area contributed by atoms with E-state index >= 15 is 0 Å². The standard InChI is InChI=1S/C33H46N10O8/c1-20-29(48)42-24(18-21-8-3-2-4-9-21)32(51)41-23(10-5-6-15-36-25(44)14-17-43-27(46)12-13-28(43)47)31(50)40-22(11-7-16-37-33(34)35)30(49)38-19-26(45)39-20/h2-4,8-9,12-13,20,22-24H,5-7,10-11,14-19H2,1H3,(H,36,44)(H,38,49)(H,39,45)(H,40,50)(H,41,51)(H,42,48)(H4,34,35,37)/t20-,22+,23?,24?/m1/s1. The van der Waals surface area contributed by atoms with Crippen molar-refractivity contribution in [3.8, 4) is 0 Å². The lowest BCUT2D eigenvalue weighted by molar-refractivity contribution is -0.137. The van der Waals surface area contributed by atoms with Gasteiger partial charge in [0.2, 0.25) is 35.4 Å². The minimum atomic E-state index is -1.16. The molecule has 8 amide bonds. The molecule has 2 unspecified atom stereocenters. The predicted octanol–water partition coefficient (Wildman–Crippen LogP) is -2.82. The van der Waals surface area contributed by atoms with Crippen molar-refractivity contribution in [1.29, 1.82) is 5.41 Å². The molecule has 1 aromatic rings. The molecule has 3 rings (SSSR count). The number of hydrogen-bond donors (Lipinski definition) is 9. The number of nitrogens with zero attached hydrogens (tertiary/aromatic N) is 1. The molecule has 18 heteroatoms. The molecule has 51 heavy (non-hydrogen) atoms. The van der Waals surface area contributed by atoms with E-state index in [4.69, 9.17) is 11.1 Å². The fraction of sp³-hybridized carbons (Fsp3) is 0.485. The molecule has 2 aliphatic heterocycles. The van der Waals surface area contributed by atoms with Gasteiger partial charge in [-0.25, -0.2) is 0 Å². The van der Waals surface area contributed by atoms with Crippen LogP contribution in [-0.4, -0.2) is 108 Å². The predicted molar refractivity (Wildman–Crippen MR) is 183 cm³/mol. The maximum atomic E-state index is 13.7. The molecular formula is C33H46N10O8. The molecule has 0 spiro atoms. The molecule has 2 heterocycles. The SMILES string of the molecule is C[C@H]1NC(=O)CNC(=O)[C@H](CCCNC(=N)N)NC(=O)C(CCCCNC(=O)CCN2C(=O)C=CC2=O)NC(=O)C(Cc2ccccc2)NC1=O. The Morgan fingerprint density at radius 1 is 0.784 bits per heavy atom. The number of guanidine groups is 1. The molecule has 1 fully saturated rings. The number of nitrogens with two attached hydrogens (primary N) is 1. The summed E-state index contributed by atoms with van der Waals surface area (Å²) < 4.78 is 0. The fourth-order valence-corrected chi connectivity index (χ4v) is 5.27. The van der Waals surface area contributed by atoms with Gasteiger partial charge >= 0.3 is 0 Å². The van der Waals surface area contributed by atoms with Crippen LogP contribution in [0.4, 0.5) is 0 Å². The van der Waals surface area contributed by atoms with Gasteiger partial charge in [0.15, 0.2) is 5.96 Å². The average Bonchev–Trinajstić information content (AvgIpc) is 3.42. The lowest BCUT2D eigenvalue weighted by Gasteiger charge is -2.26. The Kier molecular flexibility index (Phi) is 15.5. The van der Waals surface area contributed by atoms with Crippen molar-refractivity contribution in [3.05, 3.63) is 48.0 Å². The van der Waals surface area contributed by atoms with Crippen molar-refractivity contribution in [2.75, 3.05) is 26.2 Å². The van der Waals surface area contributed by atoms with Crippen LogP contribution in [0.15, 0.2) is 42.5 Å². The van der Waals surface area contributed by atoms with Gasteiger partial charge in [0.25, 0.3) is 11.8 Å². The zero-order valence-corrected chi connectivity index (χ0v) is 28.4. The molecule has 18 nitrogen and oxygen atoms in total. The lowest BCUT2D eigenvalue weighted by Crippen LogP contribution is -2.57. The van der Waals surface area contributed by atoms with Gasteiger partial charge in [0.1, 0.15) is 24.2 Å². The Bertz CT molecular complexity index is 1480. The van der Waals surface area contributed by atoms with Gasteiger partial charge < -0.3 is 43.0 Å². The highest BCUT2D eigenvalue weighted by molar-refractivity contribution is 6.13. The van der Waals surface area contributed by atoms with Crippen molar-refractivity contribution in [3.63, 3.8) is 0 Å². The third kappa shape index (κ3) is 13.6. The van der Waals surface area contributed by atoms with Crippen LogP contribution in [0.1, 0.15) is 51.0 Å². The second kappa shape index (κ2) is 20.0. The van der Waals surface area contributed by atoms with Crippen molar-refractivity contribution in [2.45, 2.75) is 76.0 Å². The van der Waals surface area contributed by atoms with Crippen LogP contribution in [0.3, 0.4) is 0 Å². The number of unbranched alkanes of at least 4 members (excludes halogenated alkanes) is 1. The zero-order valence-electron chi connectivity index (χ0n) is 28.4. The van der Waals surface area contributed by atoms with E-state index in [1.165, 1.54) is 6.92 Å².